The zero-order valence-electron chi connectivity index (χ0n) is 13.0. The van der Waals surface area contributed by atoms with Crippen LogP contribution in [-0.2, 0) is 4.79 Å². The van der Waals surface area contributed by atoms with Gasteiger partial charge in [0.1, 0.15) is 11.5 Å². The van der Waals surface area contributed by atoms with Crippen molar-refractivity contribution in [2.75, 3.05) is 19.0 Å². The molecule has 0 aromatic heterocycles. The van der Waals surface area contributed by atoms with Crippen LogP contribution in [0.4, 0.5) is 11.4 Å². The van der Waals surface area contributed by atoms with E-state index in [-0.39, 0.29) is 35.3 Å². The molecule has 1 aliphatic heterocycles. The molecule has 9 nitrogen and oxygen atoms in total. The van der Waals surface area contributed by atoms with E-state index in [2.05, 4.69) is 5.32 Å². The summed E-state index contributed by atoms with van der Waals surface area (Å²) in [6.07, 6.45) is 0. The molecule has 9 heteroatoms. The summed E-state index contributed by atoms with van der Waals surface area (Å²) in [6, 6.07) is 8.22. The van der Waals surface area contributed by atoms with Crippen LogP contribution in [0.15, 0.2) is 36.4 Å². The average molecular weight is 344 g/mol. The number of esters is 1. The van der Waals surface area contributed by atoms with Crippen LogP contribution in [0.1, 0.15) is 10.4 Å². The first kappa shape index (κ1) is 16.2. The summed E-state index contributed by atoms with van der Waals surface area (Å²) in [4.78, 5) is 33.9. The minimum atomic E-state index is -0.784. The zero-order chi connectivity index (χ0) is 18.0. The van der Waals surface area contributed by atoms with Crippen molar-refractivity contribution in [1.29, 1.82) is 0 Å². The number of methoxy groups -OCH3 is 1. The number of amides is 1. The summed E-state index contributed by atoms with van der Waals surface area (Å²) < 4.78 is 15.3. The number of rotatable bonds is 4. The monoisotopic (exact) mass is 344 g/mol. The van der Waals surface area contributed by atoms with Gasteiger partial charge in [-0.25, -0.2) is 4.79 Å². The Morgan fingerprint density at radius 3 is 2.80 bits per heavy atom. The van der Waals surface area contributed by atoms with Crippen LogP contribution >= 0.6 is 0 Å². The third-order valence-corrected chi connectivity index (χ3v) is 3.41. The highest BCUT2D eigenvalue weighted by molar-refractivity contribution is 5.96. The lowest BCUT2D eigenvalue weighted by Gasteiger charge is -2.18. The molecule has 0 saturated heterocycles. The molecule has 2 aromatic carbocycles. The van der Waals surface area contributed by atoms with E-state index in [4.69, 9.17) is 14.2 Å². The Labute approximate surface area is 141 Å². The maximum absolute atomic E-state index is 12.2. The predicted molar refractivity (Wildman–Crippen MR) is 85.2 cm³/mol. The topological polar surface area (TPSA) is 117 Å². The van der Waals surface area contributed by atoms with Crippen LogP contribution in [0.3, 0.4) is 0 Å². The molecule has 25 heavy (non-hydrogen) atoms. The molecule has 3 rings (SSSR count). The molecular formula is C16H12N2O7. The highest BCUT2D eigenvalue weighted by Gasteiger charge is 2.21. The molecule has 0 saturated carbocycles. The quantitative estimate of drug-likeness (QED) is 0.391. The highest BCUT2D eigenvalue weighted by atomic mass is 16.6. The molecule has 0 unspecified atom stereocenters. The Morgan fingerprint density at radius 2 is 2.08 bits per heavy atom. The van der Waals surface area contributed by atoms with E-state index < -0.39 is 10.9 Å². The molecular weight excluding hydrogens is 332 g/mol. The lowest BCUT2D eigenvalue weighted by molar-refractivity contribution is -0.385. The van der Waals surface area contributed by atoms with Gasteiger partial charge in [-0.3, -0.25) is 14.9 Å². The summed E-state index contributed by atoms with van der Waals surface area (Å²) in [6.45, 7) is -0.0817. The zero-order valence-corrected chi connectivity index (χ0v) is 13.0. The van der Waals surface area contributed by atoms with Gasteiger partial charge < -0.3 is 19.5 Å². The number of hydrogen-bond acceptors (Lipinski definition) is 7. The molecule has 1 heterocycles. The van der Waals surface area contributed by atoms with Crippen molar-refractivity contribution in [1.82, 2.24) is 0 Å². The van der Waals surface area contributed by atoms with Gasteiger partial charge in [-0.1, -0.05) is 0 Å². The van der Waals surface area contributed by atoms with E-state index in [1.54, 1.807) is 6.07 Å². The molecule has 0 fully saturated rings. The van der Waals surface area contributed by atoms with E-state index >= 15 is 0 Å². The third-order valence-electron chi connectivity index (χ3n) is 3.41. The number of nitrogens with zero attached hydrogens (tertiary/aromatic N) is 1. The minimum absolute atomic E-state index is 0.00879. The van der Waals surface area contributed by atoms with Crippen LogP contribution in [0.2, 0.25) is 0 Å². The summed E-state index contributed by atoms with van der Waals surface area (Å²) in [5, 5.41) is 13.6. The van der Waals surface area contributed by atoms with Crippen LogP contribution in [0.25, 0.3) is 0 Å². The van der Waals surface area contributed by atoms with Crippen LogP contribution in [0.5, 0.6) is 17.2 Å². The van der Waals surface area contributed by atoms with Gasteiger partial charge in [0.2, 0.25) is 0 Å². The van der Waals surface area contributed by atoms with Gasteiger partial charge in [0.25, 0.3) is 5.91 Å². The fraction of sp³-hybridized carbons (Fsp3) is 0.125. The maximum Gasteiger partial charge on any atom is 0.343 e. The molecule has 0 aliphatic carbocycles. The fourth-order valence-electron chi connectivity index (χ4n) is 2.25. The Kier molecular flexibility index (Phi) is 4.21. The number of hydrogen-bond donors (Lipinski definition) is 1. The van der Waals surface area contributed by atoms with Crippen molar-refractivity contribution < 1.29 is 28.7 Å². The molecule has 2 aromatic rings. The standard InChI is InChI=1S/C16H12N2O7/c1-23-14-4-2-9(6-12(14)18(21)22)16(20)25-10-3-5-13-11(7-10)17-15(19)8-24-13/h2-7H,8H2,1H3,(H,17,19). The number of fused-ring (bicyclic) bond motifs is 1. The molecule has 0 bridgehead atoms. The van der Waals surface area contributed by atoms with Gasteiger partial charge in [-0.05, 0) is 24.3 Å². The number of benzene rings is 2. The van der Waals surface area contributed by atoms with Crippen molar-refractivity contribution in [2.24, 2.45) is 0 Å². The van der Waals surface area contributed by atoms with Crippen molar-refractivity contribution in [2.45, 2.75) is 0 Å². The van der Waals surface area contributed by atoms with Gasteiger partial charge in [0.15, 0.2) is 12.4 Å². The molecule has 128 valence electrons. The second-order valence-electron chi connectivity index (χ2n) is 5.03. The molecule has 1 aliphatic rings. The second-order valence-corrected chi connectivity index (χ2v) is 5.03. The van der Waals surface area contributed by atoms with E-state index in [0.29, 0.717) is 11.4 Å². The number of nitro groups is 1. The van der Waals surface area contributed by atoms with Crippen molar-refractivity contribution in [3.63, 3.8) is 0 Å². The van der Waals surface area contributed by atoms with E-state index in [0.717, 1.165) is 6.07 Å². The average Bonchev–Trinajstić information content (AvgIpc) is 2.60. The number of carbonyl (C=O) groups is 2. The number of carbonyl (C=O) groups excluding carboxylic acids is 2. The van der Waals surface area contributed by atoms with Crippen LogP contribution in [0, 0.1) is 10.1 Å². The van der Waals surface area contributed by atoms with E-state index in [1.165, 1.54) is 31.4 Å². The summed E-state index contributed by atoms with van der Waals surface area (Å²) in [5.74, 6) is -0.446. The van der Waals surface area contributed by atoms with E-state index in [9.17, 15) is 19.7 Å². The number of nitro benzene ring substituents is 1. The second kappa shape index (κ2) is 6.48. The predicted octanol–water partition coefficient (Wildman–Crippen LogP) is 2.15. The Bertz CT molecular complexity index is 879. The lowest BCUT2D eigenvalue weighted by atomic mass is 10.2. The van der Waals surface area contributed by atoms with Gasteiger partial charge in [0, 0.05) is 12.1 Å². The molecule has 0 atom stereocenters. The summed E-state index contributed by atoms with van der Waals surface area (Å²) >= 11 is 0. The van der Waals surface area contributed by atoms with Crippen molar-refractivity contribution >= 4 is 23.3 Å². The van der Waals surface area contributed by atoms with Gasteiger partial charge >= 0.3 is 11.7 Å². The molecule has 0 radical (unpaired) electrons. The minimum Gasteiger partial charge on any atom is -0.490 e. The SMILES string of the molecule is COc1ccc(C(=O)Oc2ccc3c(c2)NC(=O)CO3)cc1[N+](=O)[O-]. The van der Waals surface area contributed by atoms with Crippen LogP contribution in [-0.4, -0.2) is 30.5 Å². The van der Waals surface area contributed by atoms with Crippen molar-refractivity contribution in [3.8, 4) is 17.2 Å². The Hall–Kier alpha value is -3.62. The maximum atomic E-state index is 12.2. The van der Waals surface area contributed by atoms with Gasteiger partial charge in [-0.2, -0.15) is 0 Å². The third kappa shape index (κ3) is 3.34. The molecule has 0 spiro atoms. The molecule has 1 N–H and O–H groups in total. The summed E-state index contributed by atoms with van der Waals surface area (Å²) in [7, 11) is 1.30. The lowest BCUT2D eigenvalue weighted by Crippen LogP contribution is -2.25. The van der Waals surface area contributed by atoms with Crippen LogP contribution < -0.4 is 19.5 Å². The van der Waals surface area contributed by atoms with Gasteiger partial charge in [0.05, 0.1) is 23.3 Å². The number of anilines is 1. The number of nitrogens with one attached hydrogen (secondary N) is 1. The Balaban J connectivity index is 1.83. The highest BCUT2D eigenvalue weighted by Crippen LogP contribution is 2.32. The van der Waals surface area contributed by atoms with E-state index in [1.807, 2.05) is 0 Å². The fourth-order valence-corrected chi connectivity index (χ4v) is 2.25. The normalized spacial score (nSPS) is 12.4. The first-order chi connectivity index (χ1) is 12.0. The smallest absolute Gasteiger partial charge is 0.343 e. The first-order valence-corrected chi connectivity index (χ1v) is 7.09. The van der Waals surface area contributed by atoms with Gasteiger partial charge in [-0.15, -0.1) is 0 Å². The number of ether oxygens (including phenoxy) is 3. The molecule has 1 amide bonds. The first-order valence-electron chi connectivity index (χ1n) is 7.09. The van der Waals surface area contributed by atoms with Crippen molar-refractivity contribution in [3.05, 3.63) is 52.1 Å². The summed E-state index contributed by atoms with van der Waals surface area (Å²) in [5.41, 5.74) is 0.0239. The Morgan fingerprint density at radius 1 is 1.28 bits per heavy atom. The largest absolute Gasteiger partial charge is 0.490 e.